The van der Waals surface area contributed by atoms with Crippen molar-refractivity contribution >= 4 is 15.9 Å². The Kier molecular flexibility index (Phi) is 4.88. The average Bonchev–Trinajstić information content (AvgIpc) is 2.70. The van der Waals surface area contributed by atoms with Crippen molar-refractivity contribution in [3.05, 3.63) is 23.8 Å². The summed E-state index contributed by atoms with van der Waals surface area (Å²) in [5.41, 5.74) is 1.24. The Labute approximate surface area is 120 Å². The molecule has 0 radical (unpaired) electrons. The summed E-state index contributed by atoms with van der Waals surface area (Å²) in [7, 11) is -3.58. The first kappa shape index (κ1) is 15.1. The van der Waals surface area contributed by atoms with Gasteiger partial charge in [-0.25, -0.2) is 0 Å². The van der Waals surface area contributed by atoms with Crippen molar-refractivity contribution in [1.29, 1.82) is 0 Å². The lowest BCUT2D eigenvalue weighted by Crippen LogP contribution is -2.36. The Morgan fingerprint density at radius 2 is 1.85 bits per heavy atom. The molecule has 0 amide bonds. The fourth-order valence-corrected chi connectivity index (χ4v) is 3.68. The van der Waals surface area contributed by atoms with E-state index in [0.29, 0.717) is 13.1 Å². The molecule has 1 saturated heterocycles. The zero-order valence-corrected chi connectivity index (χ0v) is 12.6. The molecule has 1 aromatic rings. The minimum atomic E-state index is -3.58. The van der Waals surface area contributed by atoms with Gasteiger partial charge in [0, 0.05) is 13.1 Å². The molecule has 0 bridgehead atoms. The van der Waals surface area contributed by atoms with E-state index in [1.807, 2.05) is 6.92 Å². The normalized spacial score (nSPS) is 17.6. The van der Waals surface area contributed by atoms with Crippen LogP contribution in [0.3, 0.4) is 0 Å². The Balaban J connectivity index is 2.18. The molecule has 112 valence electrons. The van der Waals surface area contributed by atoms with Gasteiger partial charge >= 0.3 is 10.2 Å². The van der Waals surface area contributed by atoms with Gasteiger partial charge in [-0.1, -0.05) is 25.8 Å². The van der Waals surface area contributed by atoms with Crippen LogP contribution in [0, 0.1) is 0 Å². The second-order valence-corrected chi connectivity index (χ2v) is 6.80. The molecule has 2 rings (SSSR count). The van der Waals surface area contributed by atoms with Crippen LogP contribution in [0.15, 0.2) is 18.2 Å². The summed E-state index contributed by atoms with van der Waals surface area (Å²) in [6.07, 6.45) is 4.72. The maximum atomic E-state index is 12.4. The van der Waals surface area contributed by atoms with Crippen molar-refractivity contribution in [2.24, 2.45) is 0 Å². The third kappa shape index (κ3) is 3.64. The Morgan fingerprint density at radius 3 is 2.45 bits per heavy atom. The predicted octanol–water partition coefficient (Wildman–Crippen LogP) is 2.49. The number of phenols is 1. The minimum Gasteiger partial charge on any atom is -0.506 e. The van der Waals surface area contributed by atoms with Gasteiger partial charge in [0.15, 0.2) is 0 Å². The quantitative estimate of drug-likeness (QED) is 0.839. The van der Waals surface area contributed by atoms with E-state index in [1.165, 1.54) is 10.4 Å². The van der Waals surface area contributed by atoms with Crippen LogP contribution >= 0.6 is 0 Å². The average molecular weight is 298 g/mol. The number of phenolic OH excluding ortho intramolecular Hbond substituents is 1. The van der Waals surface area contributed by atoms with E-state index >= 15 is 0 Å². The van der Waals surface area contributed by atoms with Crippen LogP contribution in [0.1, 0.15) is 38.2 Å². The van der Waals surface area contributed by atoms with Gasteiger partial charge in [-0.15, -0.1) is 0 Å². The predicted molar refractivity (Wildman–Crippen MR) is 80.1 cm³/mol. The maximum Gasteiger partial charge on any atom is 0.301 e. The summed E-state index contributed by atoms with van der Waals surface area (Å²) in [5.74, 6) is -0.0411. The fraction of sp³-hybridized carbons (Fsp3) is 0.571. The summed E-state index contributed by atoms with van der Waals surface area (Å²) in [6, 6.07) is 5.00. The van der Waals surface area contributed by atoms with Gasteiger partial charge in [-0.3, -0.25) is 4.72 Å². The number of aryl methyl sites for hydroxylation is 1. The first-order valence-electron chi connectivity index (χ1n) is 7.12. The van der Waals surface area contributed by atoms with Gasteiger partial charge in [0.2, 0.25) is 0 Å². The van der Waals surface area contributed by atoms with E-state index in [9.17, 15) is 13.5 Å². The molecule has 0 spiro atoms. The number of aromatic hydroxyl groups is 1. The van der Waals surface area contributed by atoms with Crippen LogP contribution in [0.4, 0.5) is 5.69 Å². The molecule has 0 aromatic heterocycles. The molecule has 0 saturated carbocycles. The van der Waals surface area contributed by atoms with Crippen LogP contribution in [-0.4, -0.2) is 30.9 Å². The molecular formula is C14H22N2O3S. The van der Waals surface area contributed by atoms with Crippen molar-refractivity contribution < 1.29 is 13.5 Å². The van der Waals surface area contributed by atoms with E-state index in [4.69, 9.17) is 0 Å². The molecule has 6 heteroatoms. The highest BCUT2D eigenvalue weighted by atomic mass is 32.2. The Hall–Kier alpha value is -1.27. The van der Waals surface area contributed by atoms with Crippen LogP contribution in [0.25, 0.3) is 0 Å². The van der Waals surface area contributed by atoms with E-state index in [1.54, 1.807) is 12.1 Å². The third-order valence-corrected chi connectivity index (χ3v) is 5.14. The van der Waals surface area contributed by atoms with Gasteiger partial charge < -0.3 is 5.11 Å². The molecule has 1 aromatic carbocycles. The number of rotatable bonds is 4. The largest absolute Gasteiger partial charge is 0.506 e. The number of hydrogen-bond donors (Lipinski definition) is 2. The molecule has 0 aliphatic carbocycles. The first-order valence-corrected chi connectivity index (χ1v) is 8.56. The van der Waals surface area contributed by atoms with Gasteiger partial charge in [-0.2, -0.15) is 12.7 Å². The minimum absolute atomic E-state index is 0.0411. The highest BCUT2D eigenvalue weighted by molar-refractivity contribution is 7.90. The second-order valence-electron chi connectivity index (χ2n) is 5.13. The highest BCUT2D eigenvalue weighted by Gasteiger charge is 2.23. The number of nitrogens with zero attached hydrogens (tertiary/aromatic N) is 1. The van der Waals surface area contributed by atoms with Crippen LogP contribution in [0.2, 0.25) is 0 Å². The summed E-state index contributed by atoms with van der Waals surface area (Å²) < 4.78 is 28.7. The van der Waals surface area contributed by atoms with E-state index in [2.05, 4.69) is 4.72 Å². The number of benzene rings is 1. The Bertz CT molecular complexity index is 550. The lowest BCUT2D eigenvalue weighted by atomic mass is 10.1. The first-order chi connectivity index (χ1) is 9.53. The molecule has 2 N–H and O–H groups in total. The van der Waals surface area contributed by atoms with E-state index < -0.39 is 10.2 Å². The summed E-state index contributed by atoms with van der Waals surface area (Å²) in [4.78, 5) is 0. The Morgan fingerprint density at radius 1 is 1.20 bits per heavy atom. The maximum absolute atomic E-state index is 12.4. The van der Waals surface area contributed by atoms with Crippen molar-refractivity contribution in [2.75, 3.05) is 17.8 Å². The van der Waals surface area contributed by atoms with Gasteiger partial charge in [0.05, 0.1) is 5.69 Å². The summed E-state index contributed by atoms with van der Waals surface area (Å²) >= 11 is 0. The zero-order valence-electron chi connectivity index (χ0n) is 11.8. The van der Waals surface area contributed by atoms with Crippen LogP contribution in [0.5, 0.6) is 5.75 Å². The number of nitrogens with one attached hydrogen (secondary N) is 1. The summed E-state index contributed by atoms with van der Waals surface area (Å²) in [5, 5.41) is 9.80. The molecule has 0 atom stereocenters. The van der Waals surface area contributed by atoms with Gasteiger partial charge in [-0.05, 0) is 37.0 Å². The zero-order chi connectivity index (χ0) is 14.6. The number of hydrogen-bond acceptors (Lipinski definition) is 3. The second kappa shape index (κ2) is 6.45. The van der Waals surface area contributed by atoms with Gasteiger partial charge in [0.1, 0.15) is 5.75 Å². The lowest BCUT2D eigenvalue weighted by Gasteiger charge is -2.21. The highest BCUT2D eigenvalue weighted by Crippen LogP contribution is 2.26. The molecule has 5 nitrogen and oxygen atoms in total. The SMILES string of the molecule is CCc1ccc(O)c(NS(=O)(=O)N2CCCCCC2)c1. The van der Waals surface area contributed by atoms with Gasteiger partial charge in [0.25, 0.3) is 0 Å². The monoisotopic (exact) mass is 298 g/mol. The summed E-state index contributed by atoms with van der Waals surface area (Å²) in [6.45, 7) is 3.08. The van der Waals surface area contributed by atoms with Crippen LogP contribution in [-0.2, 0) is 16.6 Å². The van der Waals surface area contributed by atoms with Crippen LogP contribution < -0.4 is 4.72 Å². The van der Waals surface area contributed by atoms with E-state index in [-0.39, 0.29) is 11.4 Å². The van der Waals surface area contributed by atoms with Crippen molar-refractivity contribution in [2.45, 2.75) is 39.0 Å². The molecule has 20 heavy (non-hydrogen) atoms. The van der Waals surface area contributed by atoms with Crippen molar-refractivity contribution in [1.82, 2.24) is 4.31 Å². The standard InChI is InChI=1S/C14H22N2O3S/c1-2-12-7-8-14(17)13(11-12)15-20(18,19)16-9-5-3-4-6-10-16/h7-8,11,15,17H,2-6,9-10H2,1H3. The smallest absolute Gasteiger partial charge is 0.301 e. The van der Waals surface area contributed by atoms with Crippen molar-refractivity contribution in [3.8, 4) is 5.75 Å². The van der Waals surface area contributed by atoms with E-state index in [0.717, 1.165) is 37.7 Å². The molecule has 1 aliphatic rings. The molecule has 1 aliphatic heterocycles. The van der Waals surface area contributed by atoms with Crippen molar-refractivity contribution in [3.63, 3.8) is 0 Å². The number of anilines is 1. The topological polar surface area (TPSA) is 69.6 Å². The molecule has 1 heterocycles. The molecule has 1 fully saturated rings. The molecular weight excluding hydrogens is 276 g/mol. The third-order valence-electron chi connectivity index (χ3n) is 3.61. The fourth-order valence-electron chi connectivity index (χ4n) is 2.37. The molecule has 0 unspecified atom stereocenters. The lowest BCUT2D eigenvalue weighted by molar-refractivity contribution is 0.427.